The molecule has 18 heavy (non-hydrogen) atoms. The smallest absolute Gasteiger partial charge is 0.160 e. The van der Waals surface area contributed by atoms with Gasteiger partial charge >= 0.3 is 0 Å². The Labute approximate surface area is 108 Å². The number of fused-ring (bicyclic) bond motifs is 1. The number of rotatable bonds is 2. The molecule has 0 spiro atoms. The van der Waals surface area contributed by atoms with Crippen molar-refractivity contribution in [1.29, 1.82) is 0 Å². The number of anilines is 1. The molecule has 0 aliphatic heterocycles. The molecule has 2 aromatic heterocycles. The molecule has 0 aliphatic carbocycles. The quantitative estimate of drug-likeness (QED) is 0.886. The van der Waals surface area contributed by atoms with Crippen molar-refractivity contribution in [2.45, 2.75) is 46.6 Å². The number of aromatic nitrogens is 3. The van der Waals surface area contributed by atoms with Crippen LogP contribution < -0.4 is 5.73 Å². The molecule has 0 atom stereocenters. The first-order valence-electron chi connectivity index (χ1n) is 6.41. The second kappa shape index (κ2) is 4.26. The zero-order valence-corrected chi connectivity index (χ0v) is 11.9. The molecule has 0 radical (unpaired) electrons. The van der Waals surface area contributed by atoms with Crippen molar-refractivity contribution in [3.05, 3.63) is 18.1 Å². The normalized spacial score (nSPS) is 12.6. The van der Waals surface area contributed by atoms with Crippen molar-refractivity contribution in [3.8, 4) is 0 Å². The van der Waals surface area contributed by atoms with Crippen LogP contribution in [-0.2, 0) is 12.0 Å². The lowest BCUT2D eigenvalue weighted by atomic mass is 9.95. The molecule has 0 aliphatic rings. The highest BCUT2D eigenvalue weighted by molar-refractivity contribution is 5.75. The molecule has 2 rings (SSSR count). The lowest BCUT2D eigenvalue weighted by molar-refractivity contribution is 0.457. The molecule has 2 heterocycles. The zero-order chi connectivity index (χ0) is 13.5. The van der Waals surface area contributed by atoms with Gasteiger partial charge in [0.1, 0.15) is 11.3 Å². The Morgan fingerprint density at radius 2 is 2.00 bits per heavy atom. The maximum Gasteiger partial charge on any atom is 0.160 e. The Morgan fingerprint density at radius 3 is 2.56 bits per heavy atom. The van der Waals surface area contributed by atoms with Crippen molar-refractivity contribution in [3.63, 3.8) is 0 Å². The third-order valence-electron chi connectivity index (χ3n) is 2.82. The lowest BCUT2D eigenvalue weighted by Gasteiger charge is -2.20. The van der Waals surface area contributed by atoms with Gasteiger partial charge < -0.3 is 10.3 Å². The summed E-state index contributed by atoms with van der Waals surface area (Å²) in [6.07, 6.45) is 1.70. The van der Waals surface area contributed by atoms with Gasteiger partial charge in [0.25, 0.3) is 0 Å². The van der Waals surface area contributed by atoms with Crippen molar-refractivity contribution in [2.24, 2.45) is 5.92 Å². The summed E-state index contributed by atoms with van der Waals surface area (Å²) in [6, 6.07) is 1.90. The van der Waals surface area contributed by atoms with Gasteiger partial charge in [-0.2, -0.15) is 0 Å². The van der Waals surface area contributed by atoms with E-state index in [2.05, 4.69) is 44.2 Å². The van der Waals surface area contributed by atoms with Crippen molar-refractivity contribution >= 4 is 16.9 Å². The molecular weight excluding hydrogens is 224 g/mol. The largest absolute Gasteiger partial charge is 0.397 e. The Kier molecular flexibility index (Phi) is 3.05. The number of hydrogen-bond donors (Lipinski definition) is 1. The lowest BCUT2D eigenvalue weighted by Crippen LogP contribution is -2.20. The average molecular weight is 246 g/mol. The standard InChI is InChI=1S/C14H22N4/c1-9(2)8-18-12-11(6-10(15)7-16-12)17-13(18)14(3,4)5/h6-7,9H,8,15H2,1-5H3. The number of imidazole rings is 1. The predicted molar refractivity (Wildman–Crippen MR) is 75.5 cm³/mol. The summed E-state index contributed by atoms with van der Waals surface area (Å²) in [5.41, 5.74) is 8.27. The first kappa shape index (κ1) is 12.9. The van der Waals surface area contributed by atoms with Crippen LogP contribution in [0.5, 0.6) is 0 Å². The average Bonchev–Trinajstić information content (AvgIpc) is 2.55. The Balaban J connectivity index is 2.68. The topological polar surface area (TPSA) is 56.7 Å². The van der Waals surface area contributed by atoms with Crippen LogP contribution >= 0.6 is 0 Å². The van der Waals surface area contributed by atoms with Gasteiger partial charge in [-0.25, -0.2) is 9.97 Å². The molecule has 0 saturated heterocycles. The van der Waals surface area contributed by atoms with Gasteiger partial charge in [0.15, 0.2) is 5.65 Å². The molecule has 0 bridgehead atoms. The number of nitrogen functional groups attached to an aromatic ring is 1. The molecule has 4 nitrogen and oxygen atoms in total. The summed E-state index contributed by atoms with van der Waals surface area (Å²) in [6.45, 7) is 11.9. The summed E-state index contributed by atoms with van der Waals surface area (Å²) in [5.74, 6) is 1.63. The van der Waals surface area contributed by atoms with Gasteiger partial charge in [-0.1, -0.05) is 34.6 Å². The van der Waals surface area contributed by atoms with Gasteiger partial charge in [-0.15, -0.1) is 0 Å². The maximum atomic E-state index is 5.78. The van der Waals surface area contributed by atoms with Gasteiger partial charge in [-0.05, 0) is 12.0 Å². The fourth-order valence-electron chi connectivity index (χ4n) is 2.14. The van der Waals surface area contributed by atoms with Crippen LogP contribution in [0.3, 0.4) is 0 Å². The molecule has 2 aromatic rings. The third-order valence-corrected chi connectivity index (χ3v) is 2.82. The minimum Gasteiger partial charge on any atom is -0.397 e. The van der Waals surface area contributed by atoms with E-state index in [9.17, 15) is 0 Å². The molecule has 98 valence electrons. The van der Waals surface area contributed by atoms with E-state index in [0.717, 1.165) is 23.5 Å². The van der Waals surface area contributed by atoms with E-state index in [0.29, 0.717) is 11.6 Å². The number of nitrogens with zero attached hydrogens (tertiary/aromatic N) is 3. The van der Waals surface area contributed by atoms with E-state index in [1.165, 1.54) is 0 Å². The molecule has 0 fully saturated rings. The third kappa shape index (κ3) is 2.33. The van der Waals surface area contributed by atoms with Gasteiger partial charge in [-0.3, -0.25) is 0 Å². The summed E-state index contributed by atoms with van der Waals surface area (Å²) in [5, 5.41) is 0. The Morgan fingerprint density at radius 1 is 1.33 bits per heavy atom. The van der Waals surface area contributed by atoms with Crippen molar-refractivity contribution in [1.82, 2.24) is 14.5 Å². The minimum absolute atomic E-state index is 0.00432. The van der Waals surface area contributed by atoms with Crippen LogP contribution in [-0.4, -0.2) is 14.5 Å². The first-order valence-corrected chi connectivity index (χ1v) is 6.41. The van der Waals surface area contributed by atoms with Crippen LogP contribution in [0.25, 0.3) is 11.2 Å². The summed E-state index contributed by atoms with van der Waals surface area (Å²) >= 11 is 0. The molecule has 0 saturated carbocycles. The highest BCUT2D eigenvalue weighted by Crippen LogP contribution is 2.27. The number of hydrogen-bond acceptors (Lipinski definition) is 3. The summed E-state index contributed by atoms with van der Waals surface area (Å²) in [4.78, 5) is 9.16. The fourth-order valence-corrected chi connectivity index (χ4v) is 2.14. The molecule has 4 heteroatoms. The maximum absolute atomic E-state index is 5.78. The van der Waals surface area contributed by atoms with E-state index < -0.39 is 0 Å². The zero-order valence-electron chi connectivity index (χ0n) is 11.9. The highest BCUT2D eigenvalue weighted by Gasteiger charge is 2.23. The summed E-state index contributed by atoms with van der Waals surface area (Å²) < 4.78 is 2.22. The van der Waals surface area contributed by atoms with Gasteiger partial charge in [0.05, 0.1) is 11.9 Å². The molecular formula is C14H22N4. The number of pyridine rings is 1. The van der Waals surface area contributed by atoms with E-state index >= 15 is 0 Å². The first-order chi connectivity index (χ1) is 8.29. The van der Waals surface area contributed by atoms with E-state index in [4.69, 9.17) is 10.7 Å². The Hall–Kier alpha value is -1.58. The SMILES string of the molecule is CC(C)Cn1c(C(C)(C)C)nc2cc(N)cnc21. The minimum atomic E-state index is 0.00432. The molecule has 0 amide bonds. The van der Waals surface area contributed by atoms with Crippen LogP contribution in [0.15, 0.2) is 12.3 Å². The second-order valence-corrected chi connectivity index (χ2v) is 6.30. The van der Waals surface area contributed by atoms with E-state index in [1.54, 1.807) is 6.20 Å². The van der Waals surface area contributed by atoms with Crippen molar-refractivity contribution in [2.75, 3.05) is 5.73 Å². The predicted octanol–water partition coefficient (Wildman–Crippen LogP) is 2.97. The number of nitrogens with two attached hydrogens (primary N) is 1. The van der Waals surface area contributed by atoms with Gasteiger partial charge in [0.2, 0.25) is 0 Å². The van der Waals surface area contributed by atoms with Crippen LogP contribution in [0.4, 0.5) is 5.69 Å². The Bertz CT molecular complexity index is 561. The van der Waals surface area contributed by atoms with Gasteiger partial charge in [0, 0.05) is 12.0 Å². The molecule has 2 N–H and O–H groups in total. The summed E-state index contributed by atoms with van der Waals surface area (Å²) in [7, 11) is 0. The van der Waals surface area contributed by atoms with E-state index in [1.807, 2.05) is 6.07 Å². The fraction of sp³-hybridized carbons (Fsp3) is 0.571. The van der Waals surface area contributed by atoms with Crippen LogP contribution in [0.2, 0.25) is 0 Å². The van der Waals surface area contributed by atoms with Crippen molar-refractivity contribution < 1.29 is 0 Å². The van der Waals surface area contributed by atoms with Crippen LogP contribution in [0, 0.1) is 5.92 Å². The highest BCUT2D eigenvalue weighted by atomic mass is 15.1. The monoisotopic (exact) mass is 246 g/mol. The molecule has 0 unspecified atom stereocenters. The second-order valence-electron chi connectivity index (χ2n) is 6.30. The van der Waals surface area contributed by atoms with Crippen LogP contribution in [0.1, 0.15) is 40.4 Å². The van der Waals surface area contributed by atoms with E-state index in [-0.39, 0.29) is 5.41 Å². The molecule has 0 aromatic carbocycles.